The summed E-state index contributed by atoms with van der Waals surface area (Å²) in [5, 5.41) is 0. The van der Waals surface area contributed by atoms with E-state index in [0.717, 1.165) is 57.3 Å². The third-order valence-electron chi connectivity index (χ3n) is 5.79. The first-order valence-corrected chi connectivity index (χ1v) is 17.8. The number of hydrogen-bond acceptors (Lipinski definition) is 6. The van der Waals surface area contributed by atoms with Crippen molar-refractivity contribution >= 4 is 16.5 Å². The van der Waals surface area contributed by atoms with Crippen molar-refractivity contribution in [2.24, 2.45) is 17.8 Å². The van der Waals surface area contributed by atoms with E-state index in [1.807, 2.05) is 0 Å². The molecule has 0 fully saturated rings. The minimum atomic E-state index is -2.96. The SMILES string of the molecule is CCCCC(CC)CO[PH](=O)[O-].CCCCC(CC)CO[PH](=O)[O-].CCCCC(CC)[CH2][Nd+2]. The first-order chi connectivity index (χ1) is 15.7. The van der Waals surface area contributed by atoms with Crippen molar-refractivity contribution in [3.63, 3.8) is 0 Å². The van der Waals surface area contributed by atoms with Crippen LogP contribution in [0.5, 0.6) is 0 Å². The normalized spacial score (nSPS) is 15.3. The van der Waals surface area contributed by atoms with E-state index in [1.165, 1.54) is 66.5 Å². The fourth-order valence-electron chi connectivity index (χ4n) is 3.11. The Labute approximate surface area is 233 Å². The van der Waals surface area contributed by atoms with Crippen LogP contribution in [-0.4, -0.2) is 13.2 Å². The van der Waals surface area contributed by atoms with Crippen LogP contribution in [0, 0.1) is 56.5 Å². The maximum absolute atomic E-state index is 10.1. The molecule has 0 aliphatic carbocycles. The van der Waals surface area contributed by atoms with Gasteiger partial charge in [0.25, 0.3) is 0 Å². The Balaban J connectivity index is -0.000000414. The summed E-state index contributed by atoms with van der Waals surface area (Å²) in [6, 6.07) is 0. The van der Waals surface area contributed by atoms with Gasteiger partial charge in [0.05, 0.1) is 13.2 Å². The Morgan fingerprint density at radius 1 is 0.636 bits per heavy atom. The fraction of sp³-hybridized carbons (Fsp3) is 1.00. The van der Waals surface area contributed by atoms with Crippen LogP contribution in [-0.2, 0) is 18.2 Å². The zero-order valence-corrected chi connectivity index (χ0v) is 27.5. The Bertz CT molecular complexity index is 396. The summed E-state index contributed by atoms with van der Waals surface area (Å²) in [5.74, 6) is 1.89. The van der Waals surface area contributed by atoms with Gasteiger partial charge in [0.1, 0.15) is 16.5 Å². The van der Waals surface area contributed by atoms with Gasteiger partial charge in [0.15, 0.2) is 0 Å². The zero-order chi connectivity index (χ0) is 25.9. The molecule has 0 aliphatic heterocycles. The van der Waals surface area contributed by atoms with Gasteiger partial charge in [0.2, 0.25) is 0 Å². The molecule has 0 saturated carbocycles. The quantitative estimate of drug-likeness (QED) is 0.139. The summed E-state index contributed by atoms with van der Waals surface area (Å²) in [6.07, 6.45) is 14.5. The van der Waals surface area contributed by atoms with Crippen LogP contribution in [0.3, 0.4) is 0 Å². The first-order valence-electron chi connectivity index (χ1n) is 13.1. The van der Waals surface area contributed by atoms with Gasteiger partial charge in [-0.15, -0.1) is 0 Å². The Kier molecular flexibility index (Phi) is 37.6. The molecule has 0 aromatic heterocycles. The van der Waals surface area contributed by atoms with E-state index in [9.17, 15) is 18.9 Å². The average molecular weight is 644 g/mol. The van der Waals surface area contributed by atoms with Gasteiger partial charge in [-0.05, 0) is 24.7 Å². The second-order valence-electron chi connectivity index (χ2n) is 8.58. The molecule has 33 heavy (non-hydrogen) atoms. The molecule has 0 saturated heterocycles. The fourth-order valence-corrected chi connectivity index (χ4v) is 5.44. The predicted octanol–water partition coefficient (Wildman–Crippen LogP) is 7.11. The van der Waals surface area contributed by atoms with Gasteiger partial charge in [-0.25, -0.2) is 0 Å². The molecule has 9 heteroatoms. The second-order valence-corrected chi connectivity index (χ2v) is 11.5. The molecule has 0 bridgehead atoms. The third-order valence-corrected chi connectivity index (χ3v) is 8.45. The molecule has 5 atom stereocenters. The van der Waals surface area contributed by atoms with E-state index in [1.54, 1.807) is 0 Å². The van der Waals surface area contributed by atoms with Gasteiger partial charge >= 0.3 is 86.3 Å². The van der Waals surface area contributed by atoms with Crippen LogP contribution in [0.15, 0.2) is 0 Å². The molecular weight excluding hydrogens is 590 g/mol. The van der Waals surface area contributed by atoms with Gasteiger partial charge in [0, 0.05) is 0 Å². The maximum atomic E-state index is 10.1. The zero-order valence-electron chi connectivity index (χ0n) is 22.3. The van der Waals surface area contributed by atoms with Crippen molar-refractivity contribution in [1.29, 1.82) is 0 Å². The summed E-state index contributed by atoms with van der Waals surface area (Å²) in [4.78, 5) is 20.3. The summed E-state index contributed by atoms with van der Waals surface area (Å²) in [7, 11) is -5.93. The average Bonchev–Trinajstić information content (AvgIpc) is 2.80. The number of rotatable bonds is 19. The summed E-state index contributed by atoms with van der Waals surface area (Å²) < 4.78 is 31.0. The van der Waals surface area contributed by atoms with Gasteiger partial charge in [-0.3, -0.25) is 0 Å². The Morgan fingerprint density at radius 2 is 0.939 bits per heavy atom. The van der Waals surface area contributed by atoms with Crippen LogP contribution in [0.4, 0.5) is 0 Å². The molecular formula is C24H53NdO6P2. The third kappa shape index (κ3) is 33.7. The van der Waals surface area contributed by atoms with Gasteiger partial charge in [-0.1, -0.05) is 66.2 Å². The van der Waals surface area contributed by atoms with Crippen molar-refractivity contribution < 1.29 is 66.7 Å². The Morgan fingerprint density at radius 3 is 1.15 bits per heavy atom. The van der Waals surface area contributed by atoms with Crippen molar-refractivity contribution in [1.82, 2.24) is 0 Å². The number of hydrogen-bond donors (Lipinski definition) is 0. The molecule has 0 aromatic rings. The summed E-state index contributed by atoms with van der Waals surface area (Å²) in [6.45, 7) is 13.7. The predicted molar refractivity (Wildman–Crippen MR) is 135 cm³/mol. The first kappa shape index (κ1) is 39.2. The van der Waals surface area contributed by atoms with Crippen LogP contribution < -0.4 is 9.79 Å². The minimum absolute atomic E-state index is 0.373. The van der Waals surface area contributed by atoms with Crippen LogP contribution in [0.2, 0.25) is 2.07 Å². The standard InChI is InChI=1S/2C8H19O3P.C8H17.Nd/c2*1-3-5-6-8(4-2)7-11-12(9)10;1-4-6-7-8(3)5-2;/h2*8,12H,3-7H2,1-2H3,(H,9,10);8H,3-7H2,1-2H3;/q;;;+2/p-2. The van der Waals surface area contributed by atoms with E-state index in [0.29, 0.717) is 25.0 Å². The van der Waals surface area contributed by atoms with Crippen molar-refractivity contribution in [3.8, 4) is 0 Å². The summed E-state index contributed by atoms with van der Waals surface area (Å²) >= 11 is 1.40. The summed E-state index contributed by atoms with van der Waals surface area (Å²) in [5.41, 5.74) is 0. The van der Waals surface area contributed by atoms with E-state index in [4.69, 9.17) is 0 Å². The molecule has 199 valence electrons. The van der Waals surface area contributed by atoms with Crippen LogP contribution >= 0.6 is 16.5 Å². The number of unbranched alkanes of at least 4 members (excludes halogenated alkanes) is 3. The van der Waals surface area contributed by atoms with Crippen molar-refractivity contribution in [2.45, 2.75) is 121 Å². The van der Waals surface area contributed by atoms with E-state index in [-0.39, 0.29) is 0 Å². The van der Waals surface area contributed by atoms with Crippen LogP contribution in [0.1, 0.15) is 119 Å². The molecule has 0 N–H and O–H groups in total. The van der Waals surface area contributed by atoms with E-state index < -0.39 is 16.5 Å². The molecule has 0 heterocycles. The van der Waals surface area contributed by atoms with E-state index >= 15 is 0 Å². The molecule has 6 nitrogen and oxygen atoms in total. The van der Waals surface area contributed by atoms with Gasteiger partial charge < -0.3 is 28.0 Å². The monoisotopic (exact) mass is 641 g/mol. The van der Waals surface area contributed by atoms with Crippen molar-refractivity contribution in [3.05, 3.63) is 0 Å². The van der Waals surface area contributed by atoms with E-state index in [2.05, 4.69) is 50.6 Å². The molecule has 5 unspecified atom stereocenters. The van der Waals surface area contributed by atoms with Crippen molar-refractivity contribution in [2.75, 3.05) is 13.2 Å². The molecule has 0 radical (unpaired) electrons. The molecule has 0 aromatic carbocycles. The molecule has 0 spiro atoms. The second kappa shape index (κ2) is 31.7. The Hall–Kier alpha value is 1.65. The van der Waals surface area contributed by atoms with Gasteiger partial charge in [-0.2, -0.15) is 0 Å². The molecule has 0 rings (SSSR count). The van der Waals surface area contributed by atoms with Crippen LogP contribution in [0.25, 0.3) is 0 Å². The molecule has 0 amide bonds. The molecule has 0 aliphatic rings. The topological polar surface area (TPSA) is 98.7 Å².